The van der Waals surface area contributed by atoms with Crippen LogP contribution in [0.3, 0.4) is 0 Å². The second-order valence-electron chi connectivity index (χ2n) is 3.83. The highest BCUT2D eigenvalue weighted by Crippen LogP contribution is 2.23. The van der Waals surface area contributed by atoms with Gasteiger partial charge >= 0.3 is 0 Å². The van der Waals surface area contributed by atoms with E-state index in [1.807, 2.05) is 0 Å². The van der Waals surface area contributed by atoms with Crippen molar-refractivity contribution in [1.29, 1.82) is 0 Å². The van der Waals surface area contributed by atoms with Crippen LogP contribution in [0.5, 0.6) is 11.5 Å². The number of hydrogen-bond donors (Lipinski definition) is 0. The van der Waals surface area contributed by atoms with Gasteiger partial charge in [-0.15, -0.1) is 0 Å². The maximum absolute atomic E-state index is 12.3. The lowest BCUT2D eigenvalue weighted by Gasteiger charge is -2.09. The molecule has 98 valence electrons. The molecule has 1 aromatic carbocycles. The summed E-state index contributed by atoms with van der Waals surface area (Å²) >= 11 is 0. The Bertz CT molecular complexity index is 593. The summed E-state index contributed by atoms with van der Waals surface area (Å²) < 4.78 is 11.5. The predicted octanol–water partition coefficient (Wildman–Crippen LogP) is 2.01. The molecule has 0 unspecified atom stereocenters. The Morgan fingerprint density at radius 2 is 1.79 bits per heavy atom. The number of aldehydes is 1. The van der Waals surface area contributed by atoms with E-state index in [1.54, 1.807) is 30.3 Å². The van der Waals surface area contributed by atoms with E-state index in [0.717, 1.165) is 0 Å². The maximum Gasteiger partial charge on any atom is 0.262 e. The Morgan fingerprint density at radius 3 is 2.32 bits per heavy atom. The monoisotopic (exact) mass is 259 g/mol. The maximum atomic E-state index is 12.3. The van der Waals surface area contributed by atoms with Gasteiger partial charge in [0.15, 0.2) is 6.29 Å². The molecule has 1 aromatic heterocycles. The molecule has 0 saturated carbocycles. The number of ether oxygens (including phenoxy) is 2. The molecule has 5 heteroatoms. The molecule has 0 fully saturated rings. The highest BCUT2D eigenvalue weighted by atomic mass is 16.5. The second-order valence-corrected chi connectivity index (χ2v) is 3.83. The molecular weight excluding hydrogens is 246 g/mol. The van der Waals surface area contributed by atoms with Crippen LogP contribution in [0.4, 0.5) is 0 Å². The number of hydrogen-bond acceptors (Lipinski definition) is 4. The molecule has 0 saturated heterocycles. The van der Waals surface area contributed by atoms with Crippen molar-refractivity contribution in [2.24, 2.45) is 0 Å². The third-order valence-corrected chi connectivity index (χ3v) is 2.72. The molecule has 5 nitrogen and oxygen atoms in total. The van der Waals surface area contributed by atoms with Crippen molar-refractivity contribution in [3.05, 3.63) is 47.8 Å². The van der Waals surface area contributed by atoms with E-state index < -0.39 is 0 Å². The Kier molecular flexibility index (Phi) is 3.66. The molecule has 0 amide bonds. The molecule has 0 spiro atoms. The average molecular weight is 259 g/mol. The fourth-order valence-electron chi connectivity index (χ4n) is 1.75. The van der Waals surface area contributed by atoms with Gasteiger partial charge in [-0.1, -0.05) is 0 Å². The van der Waals surface area contributed by atoms with Crippen molar-refractivity contribution < 1.29 is 19.1 Å². The first kappa shape index (κ1) is 12.9. The number of methoxy groups -OCH3 is 2. The first-order chi connectivity index (χ1) is 9.19. The quantitative estimate of drug-likeness (QED) is 0.788. The fraction of sp³-hybridized carbons (Fsp3) is 0.143. The van der Waals surface area contributed by atoms with Crippen LogP contribution in [0.2, 0.25) is 0 Å². The molecule has 0 atom stereocenters. The van der Waals surface area contributed by atoms with Crippen molar-refractivity contribution in [2.75, 3.05) is 14.2 Å². The first-order valence-corrected chi connectivity index (χ1v) is 5.60. The van der Waals surface area contributed by atoms with E-state index in [-0.39, 0.29) is 5.91 Å². The smallest absolute Gasteiger partial charge is 0.262 e. The lowest BCUT2D eigenvalue weighted by Crippen LogP contribution is -2.13. The van der Waals surface area contributed by atoms with Crippen molar-refractivity contribution in [2.45, 2.75) is 0 Å². The zero-order chi connectivity index (χ0) is 13.8. The van der Waals surface area contributed by atoms with Crippen LogP contribution in [0.15, 0.2) is 36.5 Å². The minimum absolute atomic E-state index is 0.298. The van der Waals surface area contributed by atoms with Gasteiger partial charge in [-0.05, 0) is 24.3 Å². The van der Waals surface area contributed by atoms with Gasteiger partial charge in [0.2, 0.25) is 0 Å². The number of rotatable bonds is 4. The molecule has 19 heavy (non-hydrogen) atoms. The van der Waals surface area contributed by atoms with Crippen molar-refractivity contribution >= 4 is 12.2 Å². The third-order valence-electron chi connectivity index (χ3n) is 2.72. The summed E-state index contributed by atoms with van der Waals surface area (Å²) in [4.78, 5) is 23.2. The van der Waals surface area contributed by atoms with E-state index in [0.29, 0.717) is 29.0 Å². The van der Waals surface area contributed by atoms with Crippen LogP contribution >= 0.6 is 0 Å². The van der Waals surface area contributed by atoms with Crippen LogP contribution in [-0.4, -0.2) is 31.0 Å². The Hall–Kier alpha value is -2.56. The number of benzene rings is 1. The summed E-state index contributed by atoms with van der Waals surface area (Å²) in [5.41, 5.74) is 0.683. The highest BCUT2D eigenvalue weighted by molar-refractivity contribution is 5.99. The number of carbonyl (C=O) groups is 2. The molecule has 0 bridgehead atoms. The minimum Gasteiger partial charge on any atom is -0.497 e. The zero-order valence-electron chi connectivity index (χ0n) is 10.6. The van der Waals surface area contributed by atoms with E-state index in [4.69, 9.17) is 9.47 Å². The van der Waals surface area contributed by atoms with Crippen LogP contribution in [0.1, 0.15) is 20.8 Å². The summed E-state index contributed by atoms with van der Waals surface area (Å²) in [6.07, 6.45) is 2.17. The van der Waals surface area contributed by atoms with Gasteiger partial charge in [-0.2, -0.15) is 0 Å². The van der Waals surface area contributed by atoms with E-state index in [1.165, 1.54) is 25.0 Å². The Balaban J connectivity index is 2.46. The molecule has 2 rings (SSSR count). The zero-order valence-corrected chi connectivity index (χ0v) is 10.6. The molecule has 1 heterocycles. The molecular formula is C14H13NO4. The normalized spacial score (nSPS) is 10.0. The number of carbonyl (C=O) groups excluding carboxylic acids is 2. The standard InChI is InChI=1S/C14H13NO4/c1-18-12-6-10(7-13(8-12)19-2)14(17)15-5-3-4-11(15)9-16/h3-9H,1-2H3. The van der Waals surface area contributed by atoms with Crippen molar-refractivity contribution in [3.8, 4) is 11.5 Å². The fourth-order valence-corrected chi connectivity index (χ4v) is 1.75. The van der Waals surface area contributed by atoms with Gasteiger partial charge in [0, 0.05) is 17.8 Å². The van der Waals surface area contributed by atoms with Gasteiger partial charge in [0.25, 0.3) is 5.91 Å². The molecule has 0 N–H and O–H groups in total. The number of aromatic nitrogens is 1. The molecule has 0 radical (unpaired) electrons. The van der Waals surface area contributed by atoms with Crippen LogP contribution in [-0.2, 0) is 0 Å². The SMILES string of the molecule is COc1cc(OC)cc(C(=O)n2cccc2C=O)c1. The molecule has 0 aliphatic rings. The van der Waals surface area contributed by atoms with Gasteiger partial charge in [-0.25, -0.2) is 0 Å². The average Bonchev–Trinajstić information content (AvgIpc) is 2.94. The Morgan fingerprint density at radius 1 is 1.16 bits per heavy atom. The largest absolute Gasteiger partial charge is 0.497 e. The predicted molar refractivity (Wildman–Crippen MR) is 69.1 cm³/mol. The molecule has 2 aromatic rings. The third kappa shape index (κ3) is 2.49. The second kappa shape index (κ2) is 5.39. The lowest BCUT2D eigenvalue weighted by atomic mass is 10.2. The topological polar surface area (TPSA) is 57.5 Å². The summed E-state index contributed by atoms with van der Waals surface area (Å²) in [5.74, 6) is 0.717. The summed E-state index contributed by atoms with van der Waals surface area (Å²) in [6, 6.07) is 8.08. The van der Waals surface area contributed by atoms with Gasteiger partial charge in [-0.3, -0.25) is 14.2 Å². The lowest BCUT2D eigenvalue weighted by molar-refractivity contribution is 0.0946. The van der Waals surface area contributed by atoms with Gasteiger partial charge in [0.1, 0.15) is 11.5 Å². The van der Waals surface area contributed by atoms with Crippen LogP contribution in [0, 0.1) is 0 Å². The van der Waals surface area contributed by atoms with Crippen molar-refractivity contribution in [1.82, 2.24) is 4.57 Å². The highest BCUT2D eigenvalue weighted by Gasteiger charge is 2.14. The Labute approximate surface area is 110 Å². The molecule has 0 aliphatic heterocycles. The summed E-state index contributed by atoms with van der Waals surface area (Å²) in [7, 11) is 3.02. The van der Waals surface area contributed by atoms with E-state index in [9.17, 15) is 9.59 Å². The van der Waals surface area contributed by atoms with Crippen LogP contribution in [0.25, 0.3) is 0 Å². The minimum atomic E-state index is -0.315. The molecule has 0 aliphatic carbocycles. The van der Waals surface area contributed by atoms with E-state index in [2.05, 4.69) is 0 Å². The summed E-state index contributed by atoms with van der Waals surface area (Å²) in [6.45, 7) is 0. The van der Waals surface area contributed by atoms with Crippen LogP contribution < -0.4 is 9.47 Å². The van der Waals surface area contributed by atoms with Crippen molar-refractivity contribution in [3.63, 3.8) is 0 Å². The first-order valence-electron chi connectivity index (χ1n) is 5.60. The van der Waals surface area contributed by atoms with Gasteiger partial charge < -0.3 is 9.47 Å². The van der Waals surface area contributed by atoms with Gasteiger partial charge in [0.05, 0.1) is 19.9 Å². The van der Waals surface area contributed by atoms with E-state index >= 15 is 0 Å². The summed E-state index contributed by atoms with van der Waals surface area (Å²) in [5, 5.41) is 0. The number of nitrogens with zero attached hydrogens (tertiary/aromatic N) is 1.